The first-order valence-corrected chi connectivity index (χ1v) is 10.00. The molecule has 0 atom stereocenters. The zero-order valence-corrected chi connectivity index (χ0v) is 15.7. The van der Waals surface area contributed by atoms with Crippen molar-refractivity contribution in [2.24, 2.45) is 0 Å². The summed E-state index contributed by atoms with van der Waals surface area (Å²) in [6.07, 6.45) is 6.50. The second-order valence-corrected chi connectivity index (χ2v) is 7.17. The summed E-state index contributed by atoms with van der Waals surface area (Å²) in [4.78, 5) is 34.1. The molecule has 0 spiro atoms. The van der Waals surface area contributed by atoms with Crippen molar-refractivity contribution < 1.29 is 9.59 Å². The molecule has 6 heteroatoms. The van der Waals surface area contributed by atoms with Crippen LogP contribution in [0.15, 0.2) is 53.7 Å². The third kappa shape index (κ3) is 4.64. The molecule has 0 bridgehead atoms. The molecule has 5 nitrogen and oxygen atoms in total. The van der Waals surface area contributed by atoms with Gasteiger partial charge in [-0.3, -0.25) is 14.6 Å². The van der Waals surface area contributed by atoms with Gasteiger partial charge < -0.3 is 9.80 Å². The third-order valence-electron chi connectivity index (χ3n) is 4.58. The van der Waals surface area contributed by atoms with E-state index in [0.29, 0.717) is 38.2 Å². The number of pyridine rings is 1. The minimum absolute atomic E-state index is 0.00866. The molecule has 0 aliphatic carbocycles. The topological polar surface area (TPSA) is 53.5 Å². The molecule has 3 rings (SSSR count). The fourth-order valence-electron chi connectivity index (χ4n) is 3.08. The Bertz CT molecular complexity index is 749. The van der Waals surface area contributed by atoms with E-state index in [4.69, 9.17) is 0 Å². The van der Waals surface area contributed by atoms with Crippen molar-refractivity contribution >= 4 is 23.6 Å². The highest BCUT2D eigenvalue weighted by Crippen LogP contribution is 2.16. The molecule has 1 aliphatic rings. The second-order valence-electron chi connectivity index (χ2n) is 6.29. The van der Waals surface area contributed by atoms with E-state index in [-0.39, 0.29) is 11.8 Å². The average Bonchev–Trinajstić information content (AvgIpc) is 2.95. The predicted octanol–water partition coefficient (Wildman–Crippen LogP) is 2.72. The summed E-state index contributed by atoms with van der Waals surface area (Å²) in [5.74, 6) is 0.134. The quantitative estimate of drug-likeness (QED) is 0.778. The number of thioether (sulfide) groups is 1. The summed E-state index contributed by atoms with van der Waals surface area (Å²) in [5, 5.41) is 0. The smallest absolute Gasteiger partial charge is 0.254 e. The molecular weight excluding hydrogens is 346 g/mol. The zero-order valence-electron chi connectivity index (χ0n) is 14.9. The highest BCUT2D eigenvalue weighted by molar-refractivity contribution is 7.98. The average molecular weight is 369 g/mol. The molecule has 2 amide bonds. The maximum absolute atomic E-state index is 12.6. The molecule has 0 radical (unpaired) electrons. The number of hydrogen-bond acceptors (Lipinski definition) is 4. The van der Waals surface area contributed by atoms with E-state index in [1.54, 1.807) is 36.3 Å². The van der Waals surface area contributed by atoms with Crippen LogP contribution in [0, 0.1) is 0 Å². The van der Waals surface area contributed by atoms with Crippen molar-refractivity contribution in [1.82, 2.24) is 14.8 Å². The molecule has 0 saturated carbocycles. The lowest BCUT2D eigenvalue weighted by Gasteiger charge is -2.22. The molecule has 2 heterocycles. The number of carbonyl (C=O) groups excluding carboxylic acids is 2. The van der Waals surface area contributed by atoms with Gasteiger partial charge in [-0.05, 0) is 42.5 Å². The molecule has 136 valence electrons. The Morgan fingerprint density at radius 3 is 2.31 bits per heavy atom. The van der Waals surface area contributed by atoms with Gasteiger partial charge in [0.05, 0.1) is 6.42 Å². The Morgan fingerprint density at radius 1 is 0.962 bits per heavy atom. The van der Waals surface area contributed by atoms with Crippen LogP contribution >= 0.6 is 11.8 Å². The van der Waals surface area contributed by atoms with Crippen LogP contribution in [-0.2, 0) is 11.2 Å². The summed E-state index contributed by atoms with van der Waals surface area (Å²) in [6.45, 7) is 2.52. The summed E-state index contributed by atoms with van der Waals surface area (Å²) < 4.78 is 0. The van der Waals surface area contributed by atoms with Crippen LogP contribution < -0.4 is 0 Å². The van der Waals surface area contributed by atoms with Gasteiger partial charge in [-0.2, -0.15) is 0 Å². The maximum atomic E-state index is 12.6. The summed E-state index contributed by atoms with van der Waals surface area (Å²) in [7, 11) is 0. The van der Waals surface area contributed by atoms with E-state index in [1.165, 1.54) is 4.90 Å². The van der Waals surface area contributed by atoms with Crippen molar-refractivity contribution in [2.45, 2.75) is 17.7 Å². The van der Waals surface area contributed by atoms with Gasteiger partial charge in [0.15, 0.2) is 0 Å². The lowest BCUT2D eigenvalue weighted by molar-refractivity contribution is -0.130. The van der Waals surface area contributed by atoms with Crippen molar-refractivity contribution in [3.05, 3.63) is 59.9 Å². The lowest BCUT2D eigenvalue weighted by Crippen LogP contribution is -2.38. The van der Waals surface area contributed by atoms with Gasteiger partial charge >= 0.3 is 0 Å². The molecular formula is C20H23N3O2S. The van der Waals surface area contributed by atoms with Crippen molar-refractivity contribution in [3.63, 3.8) is 0 Å². The summed E-state index contributed by atoms with van der Waals surface area (Å²) in [6, 6.07) is 11.6. The standard InChI is InChI=1S/C20H23N3O2S/c1-26-18-5-3-16(4-6-18)15-19(24)22-11-2-12-23(14-13-22)20(25)17-7-9-21-10-8-17/h3-10H,2,11-15H2,1H3. The zero-order chi connectivity index (χ0) is 18.4. The Labute approximate surface area is 158 Å². The Morgan fingerprint density at radius 2 is 1.62 bits per heavy atom. The Hall–Kier alpha value is -2.34. The van der Waals surface area contributed by atoms with Gasteiger partial charge in [-0.1, -0.05) is 12.1 Å². The number of amides is 2. The normalized spacial score (nSPS) is 14.8. The fraction of sp³-hybridized carbons (Fsp3) is 0.350. The Balaban J connectivity index is 1.57. The van der Waals surface area contributed by atoms with Crippen LogP contribution in [0.5, 0.6) is 0 Å². The first-order chi connectivity index (χ1) is 12.7. The van der Waals surface area contributed by atoms with Crippen molar-refractivity contribution in [2.75, 3.05) is 32.4 Å². The number of nitrogens with zero attached hydrogens (tertiary/aromatic N) is 3. The summed E-state index contributed by atoms with van der Waals surface area (Å²) in [5.41, 5.74) is 1.68. The van der Waals surface area contributed by atoms with Crippen LogP contribution in [0.4, 0.5) is 0 Å². The molecule has 1 fully saturated rings. The highest BCUT2D eigenvalue weighted by atomic mass is 32.2. The molecule has 1 aromatic heterocycles. The lowest BCUT2D eigenvalue weighted by atomic mass is 10.1. The molecule has 26 heavy (non-hydrogen) atoms. The number of carbonyl (C=O) groups is 2. The second kappa shape index (κ2) is 8.85. The number of hydrogen-bond donors (Lipinski definition) is 0. The molecule has 0 N–H and O–H groups in total. The van der Waals surface area contributed by atoms with Crippen molar-refractivity contribution in [1.29, 1.82) is 0 Å². The first kappa shape index (κ1) is 18.5. The molecule has 1 saturated heterocycles. The molecule has 2 aromatic rings. The van der Waals surface area contributed by atoms with Crippen LogP contribution in [0.1, 0.15) is 22.3 Å². The van der Waals surface area contributed by atoms with E-state index in [2.05, 4.69) is 4.98 Å². The maximum Gasteiger partial charge on any atom is 0.254 e. The van der Waals surface area contributed by atoms with E-state index >= 15 is 0 Å². The van der Waals surface area contributed by atoms with Gasteiger partial charge in [0, 0.05) is 49.0 Å². The fourth-order valence-corrected chi connectivity index (χ4v) is 3.49. The minimum atomic E-state index is 0.00866. The first-order valence-electron chi connectivity index (χ1n) is 8.77. The van der Waals surface area contributed by atoms with Gasteiger partial charge in [-0.15, -0.1) is 11.8 Å². The van der Waals surface area contributed by atoms with Gasteiger partial charge in [0.25, 0.3) is 5.91 Å². The predicted molar refractivity (Wildman–Crippen MR) is 103 cm³/mol. The number of rotatable bonds is 4. The van der Waals surface area contributed by atoms with Gasteiger partial charge in [0.1, 0.15) is 0 Å². The number of benzene rings is 1. The molecule has 0 unspecified atom stereocenters. The van der Waals surface area contributed by atoms with E-state index in [9.17, 15) is 9.59 Å². The largest absolute Gasteiger partial charge is 0.341 e. The SMILES string of the molecule is CSc1ccc(CC(=O)N2CCCN(C(=O)c3ccncc3)CC2)cc1. The monoisotopic (exact) mass is 369 g/mol. The van der Waals surface area contributed by atoms with Crippen molar-refractivity contribution in [3.8, 4) is 0 Å². The molecule has 1 aliphatic heterocycles. The van der Waals surface area contributed by atoms with Crippen LogP contribution in [0.25, 0.3) is 0 Å². The van der Waals surface area contributed by atoms with E-state index in [0.717, 1.165) is 12.0 Å². The van der Waals surface area contributed by atoms with E-state index < -0.39 is 0 Å². The van der Waals surface area contributed by atoms with Crippen LogP contribution in [0.3, 0.4) is 0 Å². The minimum Gasteiger partial charge on any atom is -0.341 e. The highest BCUT2D eigenvalue weighted by Gasteiger charge is 2.22. The van der Waals surface area contributed by atoms with Crippen LogP contribution in [0.2, 0.25) is 0 Å². The number of aromatic nitrogens is 1. The van der Waals surface area contributed by atoms with Crippen LogP contribution in [-0.4, -0.2) is 59.0 Å². The van der Waals surface area contributed by atoms with E-state index in [1.807, 2.05) is 40.3 Å². The van der Waals surface area contributed by atoms with Gasteiger partial charge in [-0.25, -0.2) is 0 Å². The Kier molecular flexibility index (Phi) is 6.28. The third-order valence-corrected chi connectivity index (χ3v) is 5.32. The molecule has 1 aromatic carbocycles. The van der Waals surface area contributed by atoms with Gasteiger partial charge in [0.2, 0.25) is 5.91 Å². The summed E-state index contributed by atoms with van der Waals surface area (Å²) >= 11 is 1.69.